The number of aryl methyl sites for hydroxylation is 2. The van der Waals surface area contributed by atoms with Gasteiger partial charge in [0.25, 0.3) is 5.91 Å². The highest BCUT2D eigenvalue weighted by Gasteiger charge is 2.27. The fourth-order valence-corrected chi connectivity index (χ4v) is 4.59. The molecule has 0 bridgehead atoms. The molecule has 2 aromatic rings. The van der Waals surface area contributed by atoms with Gasteiger partial charge in [-0.2, -0.15) is 0 Å². The lowest BCUT2D eigenvalue weighted by Crippen LogP contribution is -2.35. The lowest BCUT2D eigenvalue weighted by atomic mass is 10.0. The Morgan fingerprint density at radius 2 is 2.04 bits per heavy atom. The number of thiazole rings is 1. The van der Waals surface area contributed by atoms with Crippen molar-refractivity contribution in [1.82, 2.24) is 9.88 Å². The van der Waals surface area contributed by atoms with Crippen molar-refractivity contribution in [2.24, 2.45) is 0 Å². The monoisotopic (exact) mass is 357 g/mol. The van der Waals surface area contributed by atoms with Gasteiger partial charge in [-0.25, -0.2) is 4.98 Å². The molecule has 4 rings (SSSR count). The fourth-order valence-electron chi connectivity index (χ4n) is 3.54. The first-order chi connectivity index (χ1) is 12.2. The second kappa shape index (κ2) is 7.23. The summed E-state index contributed by atoms with van der Waals surface area (Å²) in [5.74, 6) is 0.0929. The maximum Gasteiger partial charge on any atom is 0.270 e. The molecule has 3 heterocycles. The number of anilines is 1. The van der Waals surface area contributed by atoms with E-state index in [-0.39, 0.29) is 5.91 Å². The number of aromatic nitrogens is 1. The molecule has 0 atom stereocenters. The molecule has 0 spiro atoms. The van der Waals surface area contributed by atoms with E-state index >= 15 is 0 Å². The quantitative estimate of drug-likeness (QED) is 0.847. The van der Waals surface area contributed by atoms with Gasteiger partial charge in [0.15, 0.2) is 0 Å². The van der Waals surface area contributed by atoms with Crippen molar-refractivity contribution in [2.75, 3.05) is 37.7 Å². The van der Waals surface area contributed by atoms with Crippen LogP contribution in [0.25, 0.3) is 0 Å². The highest BCUT2D eigenvalue weighted by atomic mass is 32.1. The van der Waals surface area contributed by atoms with Crippen LogP contribution in [0.2, 0.25) is 0 Å². The number of benzene rings is 1. The van der Waals surface area contributed by atoms with Gasteiger partial charge in [0, 0.05) is 25.3 Å². The molecule has 0 N–H and O–H groups in total. The van der Waals surface area contributed by atoms with Crippen LogP contribution in [-0.2, 0) is 17.7 Å². The summed E-state index contributed by atoms with van der Waals surface area (Å²) in [4.78, 5) is 22.9. The van der Waals surface area contributed by atoms with E-state index in [0.29, 0.717) is 0 Å². The minimum atomic E-state index is 0.0929. The molecule has 0 unspecified atom stereocenters. The molecule has 25 heavy (non-hydrogen) atoms. The Bertz CT molecular complexity index is 768. The van der Waals surface area contributed by atoms with Crippen LogP contribution in [0, 0.1) is 6.92 Å². The van der Waals surface area contributed by atoms with Crippen LogP contribution in [0.3, 0.4) is 0 Å². The molecule has 5 nitrogen and oxygen atoms in total. The van der Waals surface area contributed by atoms with Crippen LogP contribution in [0.15, 0.2) is 24.3 Å². The van der Waals surface area contributed by atoms with Crippen molar-refractivity contribution < 1.29 is 9.53 Å². The number of rotatable bonds is 3. The van der Waals surface area contributed by atoms with E-state index in [0.717, 1.165) is 73.5 Å². The summed E-state index contributed by atoms with van der Waals surface area (Å²) in [5.41, 5.74) is 3.17. The van der Waals surface area contributed by atoms with Crippen LogP contribution >= 0.6 is 11.3 Å². The van der Waals surface area contributed by atoms with Gasteiger partial charge in [-0.1, -0.05) is 18.2 Å². The van der Waals surface area contributed by atoms with Crippen molar-refractivity contribution in [1.29, 1.82) is 0 Å². The number of morpholine rings is 1. The average Bonchev–Trinajstić information content (AvgIpc) is 3.01. The van der Waals surface area contributed by atoms with E-state index in [4.69, 9.17) is 4.74 Å². The number of fused-ring (bicyclic) bond motifs is 1. The number of carbonyl (C=O) groups excluding carboxylic acids is 1. The highest BCUT2D eigenvalue weighted by Crippen LogP contribution is 2.30. The standard InChI is InChI=1S/C19H23N3O2S/c1-14-18(25-17(20-14)13-21-9-11-24-12-10-21)19(23)22-8-4-6-15-5-2-3-7-16(15)22/h2-3,5,7H,4,6,8-13H2,1H3. The summed E-state index contributed by atoms with van der Waals surface area (Å²) in [6.45, 7) is 6.96. The zero-order chi connectivity index (χ0) is 17.2. The van der Waals surface area contributed by atoms with Gasteiger partial charge in [0.2, 0.25) is 0 Å². The van der Waals surface area contributed by atoms with Crippen LogP contribution in [-0.4, -0.2) is 48.6 Å². The second-order valence-corrected chi connectivity index (χ2v) is 7.68. The number of para-hydroxylation sites is 1. The van der Waals surface area contributed by atoms with Gasteiger partial charge in [-0.05, 0) is 31.4 Å². The number of nitrogens with zero attached hydrogens (tertiary/aromatic N) is 3. The normalized spacial score (nSPS) is 18.2. The van der Waals surface area contributed by atoms with Crippen molar-refractivity contribution in [3.8, 4) is 0 Å². The van der Waals surface area contributed by atoms with E-state index in [9.17, 15) is 4.79 Å². The third-order valence-corrected chi connectivity index (χ3v) is 5.98. The number of hydrogen-bond acceptors (Lipinski definition) is 5. The molecule has 1 aromatic heterocycles. The van der Waals surface area contributed by atoms with Gasteiger partial charge in [-0.15, -0.1) is 11.3 Å². The van der Waals surface area contributed by atoms with Crippen LogP contribution < -0.4 is 4.90 Å². The van der Waals surface area contributed by atoms with E-state index in [1.54, 1.807) is 11.3 Å². The Kier molecular flexibility index (Phi) is 4.83. The molecule has 6 heteroatoms. The SMILES string of the molecule is Cc1nc(CN2CCOCC2)sc1C(=O)N1CCCc2ccccc21. The molecular formula is C19H23N3O2S. The van der Waals surface area contributed by atoms with Gasteiger partial charge < -0.3 is 9.64 Å². The molecule has 2 aliphatic rings. The minimum absolute atomic E-state index is 0.0929. The zero-order valence-corrected chi connectivity index (χ0v) is 15.3. The molecule has 0 saturated carbocycles. The number of carbonyl (C=O) groups is 1. The van der Waals surface area contributed by atoms with Crippen molar-refractivity contribution in [3.05, 3.63) is 45.4 Å². The first-order valence-electron chi connectivity index (χ1n) is 8.88. The van der Waals surface area contributed by atoms with Crippen LogP contribution in [0.1, 0.15) is 32.4 Å². The third-order valence-electron chi connectivity index (χ3n) is 4.85. The highest BCUT2D eigenvalue weighted by molar-refractivity contribution is 7.13. The van der Waals surface area contributed by atoms with Crippen LogP contribution in [0.4, 0.5) is 5.69 Å². The van der Waals surface area contributed by atoms with Crippen molar-refractivity contribution >= 4 is 22.9 Å². The maximum absolute atomic E-state index is 13.2. The summed E-state index contributed by atoms with van der Waals surface area (Å²) in [5, 5.41) is 1.02. The zero-order valence-electron chi connectivity index (χ0n) is 14.5. The maximum atomic E-state index is 13.2. The summed E-state index contributed by atoms with van der Waals surface area (Å²) in [6, 6.07) is 8.23. The summed E-state index contributed by atoms with van der Waals surface area (Å²) < 4.78 is 5.40. The van der Waals surface area contributed by atoms with Crippen molar-refractivity contribution in [3.63, 3.8) is 0 Å². The topological polar surface area (TPSA) is 45.7 Å². The lowest BCUT2D eigenvalue weighted by molar-refractivity contribution is 0.0341. The van der Waals surface area contributed by atoms with Gasteiger partial charge in [0.1, 0.15) is 9.88 Å². The molecule has 1 fully saturated rings. The average molecular weight is 357 g/mol. The smallest absolute Gasteiger partial charge is 0.270 e. The van der Waals surface area contributed by atoms with E-state index in [1.165, 1.54) is 5.56 Å². The van der Waals surface area contributed by atoms with Crippen LogP contribution in [0.5, 0.6) is 0 Å². The Morgan fingerprint density at radius 1 is 1.24 bits per heavy atom. The Balaban J connectivity index is 1.55. The molecule has 0 radical (unpaired) electrons. The molecule has 0 aliphatic carbocycles. The number of hydrogen-bond donors (Lipinski definition) is 0. The Morgan fingerprint density at radius 3 is 2.88 bits per heavy atom. The van der Waals surface area contributed by atoms with Gasteiger partial charge >= 0.3 is 0 Å². The van der Waals surface area contributed by atoms with Gasteiger partial charge in [0.05, 0.1) is 25.5 Å². The summed E-state index contributed by atoms with van der Waals surface area (Å²) in [7, 11) is 0. The summed E-state index contributed by atoms with van der Waals surface area (Å²) in [6.07, 6.45) is 2.06. The van der Waals surface area contributed by atoms with E-state index in [2.05, 4.69) is 22.0 Å². The van der Waals surface area contributed by atoms with Gasteiger partial charge in [-0.3, -0.25) is 9.69 Å². The Hall–Kier alpha value is -1.76. The predicted molar refractivity (Wildman–Crippen MR) is 99.4 cm³/mol. The second-order valence-electron chi connectivity index (χ2n) is 6.60. The molecular weight excluding hydrogens is 334 g/mol. The third kappa shape index (κ3) is 3.47. The molecule has 1 aromatic carbocycles. The predicted octanol–water partition coefficient (Wildman–Crippen LogP) is 2.88. The summed E-state index contributed by atoms with van der Waals surface area (Å²) >= 11 is 1.54. The molecule has 2 aliphatic heterocycles. The first-order valence-corrected chi connectivity index (χ1v) is 9.70. The minimum Gasteiger partial charge on any atom is -0.379 e. The molecule has 1 saturated heterocycles. The van der Waals surface area contributed by atoms with E-state index < -0.39 is 0 Å². The Labute approximate surface area is 152 Å². The largest absolute Gasteiger partial charge is 0.379 e. The van der Waals surface area contributed by atoms with Crippen molar-refractivity contribution in [2.45, 2.75) is 26.3 Å². The molecule has 1 amide bonds. The number of ether oxygens (including phenoxy) is 1. The lowest BCUT2D eigenvalue weighted by Gasteiger charge is -2.29. The fraction of sp³-hybridized carbons (Fsp3) is 0.474. The molecule has 132 valence electrons. The first kappa shape index (κ1) is 16.7. The van der Waals surface area contributed by atoms with E-state index in [1.807, 2.05) is 24.0 Å². The number of amides is 1.